The van der Waals surface area contributed by atoms with Gasteiger partial charge < -0.3 is 18.1 Å². The molecule has 0 aliphatic carbocycles. The van der Waals surface area contributed by atoms with E-state index in [1.807, 2.05) is 6.92 Å². The molecule has 0 bridgehead atoms. The van der Waals surface area contributed by atoms with Gasteiger partial charge in [0, 0.05) is 20.3 Å². The fourth-order valence-electron chi connectivity index (χ4n) is 1.20. The van der Waals surface area contributed by atoms with Crippen molar-refractivity contribution in [3.63, 3.8) is 0 Å². The molecule has 0 N–H and O–H groups in total. The molecule has 7 heteroatoms. The normalized spacial score (nSPS) is 10.5. The van der Waals surface area contributed by atoms with Gasteiger partial charge in [-0.15, -0.1) is 0 Å². The first-order valence-corrected chi connectivity index (χ1v) is 8.17. The lowest BCUT2D eigenvalue weighted by atomic mass is 10.4. The van der Waals surface area contributed by atoms with Gasteiger partial charge in [0.1, 0.15) is 12.4 Å². The Hall–Kier alpha value is -0.606. The maximum atomic E-state index is 11.2. The molecule has 0 saturated heterocycles. The monoisotopic (exact) mass is 322 g/mol. The number of Topliss-reactive ketones (excluding diaryl/α,β-unsaturated/α-hetero) is 1. The number of carbonyl (C=O) groups is 2. The molecule has 120 valence electrons. The molecule has 0 saturated carbocycles. The van der Waals surface area contributed by atoms with E-state index in [4.69, 9.17) is 13.3 Å². The van der Waals surface area contributed by atoms with E-state index in [2.05, 4.69) is 0 Å². The van der Waals surface area contributed by atoms with Gasteiger partial charge in [-0.25, -0.2) is 0 Å². The third-order valence-corrected chi connectivity index (χ3v) is 4.91. The Morgan fingerprint density at radius 2 is 1.60 bits per heavy atom. The summed E-state index contributed by atoms with van der Waals surface area (Å²) < 4.78 is 16.0. The molecule has 0 amide bonds. The smallest absolute Gasteiger partial charge is 0.377 e. The lowest BCUT2D eigenvalue weighted by Gasteiger charge is -2.25. The standard InChI is InChI=1S/C10H20O4Si.C3H6O.H4Si/c1-5-7-10(11)9-14-15(12-3,13-4)8-6-2;1-3(2)4;/h5,7H,6,8-9H2,1-4H3;1-2H3;1H4. The van der Waals surface area contributed by atoms with E-state index in [0.29, 0.717) is 0 Å². The lowest BCUT2D eigenvalue weighted by molar-refractivity contribution is -0.118. The highest BCUT2D eigenvalue weighted by atomic mass is 28.4. The Morgan fingerprint density at radius 3 is 1.90 bits per heavy atom. The van der Waals surface area contributed by atoms with Gasteiger partial charge in [0.15, 0.2) is 5.78 Å². The summed E-state index contributed by atoms with van der Waals surface area (Å²) in [5.74, 6) is 0.0968. The first kappa shape index (κ1) is 24.4. The molecule has 20 heavy (non-hydrogen) atoms. The van der Waals surface area contributed by atoms with Crippen molar-refractivity contribution in [1.29, 1.82) is 0 Å². The summed E-state index contributed by atoms with van der Waals surface area (Å²) in [4.78, 5) is 20.7. The molecule has 0 fully saturated rings. The minimum absolute atomic E-state index is 0. The molecule has 5 nitrogen and oxygen atoms in total. The topological polar surface area (TPSA) is 61.8 Å². The van der Waals surface area contributed by atoms with Gasteiger partial charge in [-0.1, -0.05) is 19.4 Å². The van der Waals surface area contributed by atoms with E-state index >= 15 is 0 Å². The molecule has 0 unspecified atom stereocenters. The highest BCUT2D eigenvalue weighted by molar-refractivity contribution is 6.60. The zero-order valence-corrected chi connectivity index (χ0v) is 13.8. The SMILES string of the molecule is CC(C)=O.CC=CC(=O)CO[Si](CCC)(OC)OC.[SiH4]. The number of ketones is 2. The molecule has 0 spiro atoms. The van der Waals surface area contributed by atoms with Crippen LogP contribution in [0.4, 0.5) is 0 Å². The van der Waals surface area contributed by atoms with Gasteiger partial charge in [0.05, 0.1) is 0 Å². The van der Waals surface area contributed by atoms with Crippen LogP contribution in [0.5, 0.6) is 0 Å². The van der Waals surface area contributed by atoms with Crippen molar-refractivity contribution in [3.8, 4) is 0 Å². The number of hydrogen-bond acceptors (Lipinski definition) is 5. The Morgan fingerprint density at radius 1 is 1.15 bits per heavy atom. The van der Waals surface area contributed by atoms with Crippen molar-refractivity contribution in [2.75, 3.05) is 20.8 Å². The molecule has 0 heterocycles. The summed E-state index contributed by atoms with van der Waals surface area (Å²) in [6.45, 7) is 6.90. The van der Waals surface area contributed by atoms with Crippen molar-refractivity contribution in [2.24, 2.45) is 0 Å². The predicted molar refractivity (Wildman–Crippen MR) is 88.3 cm³/mol. The Kier molecular flexibility index (Phi) is 18.1. The molecule has 0 aliphatic rings. The molecular weight excluding hydrogens is 292 g/mol. The maximum Gasteiger partial charge on any atom is 0.500 e. The summed E-state index contributed by atoms with van der Waals surface area (Å²) in [5, 5.41) is 0. The summed E-state index contributed by atoms with van der Waals surface area (Å²) in [6.07, 6.45) is 4.08. The average Bonchev–Trinajstić information content (AvgIpc) is 2.34. The minimum Gasteiger partial charge on any atom is -0.377 e. The van der Waals surface area contributed by atoms with Crippen LogP contribution in [-0.2, 0) is 22.9 Å². The van der Waals surface area contributed by atoms with Crippen LogP contribution in [-0.4, -0.2) is 52.2 Å². The number of carbonyl (C=O) groups excluding carboxylic acids is 2. The third kappa shape index (κ3) is 13.8. The van der Waals surface area contributed by atoms with E-state index in [9.17, 15) is 9.59 Å². The second-order valence-corrected chi connectivity index (χ2v) is 6.98. The minimum atomic E-state index is -2.59. The van der Waals surface area contributed by atoms with E-state index in [1.165, 1.54) is 19.9 Å². The van der Waals surface area contributed by atoms with Crippen LogP contribution in [0.1, 0.15) is 34.1 Å². The third-order valence-electron chi connectivity index (χ3n) is 1.97. The zero-order valence-electron chi connectivity index (χ0n) is 12.8. The van der Waals surface area contributed by atoms with E-state index in [-0.39, 0.29) is 29.1 Å². The highest BCUT2D eigenvalue weighted by Gasteiger charge is 2.38. The van der Waals surface area contributed by atoms with Gasteiger partial charge >= 0.3 is 8.80 Å². The quantitative estimate of drug-likeness (QED) is 0.491. The van der Waals surface area contributed by atoms with Gasteiger partial charge in [0.25, 0.3) is 0 Å². The second-order valence-electron chi connectivity index (χ2n) is 4.00. The summed E-state index contributed by atoms with van der Waals surface area (Å²) >= 11 is 0. The summed E-state index contributed by atoms with van der Waals surface area (Å²) in [5.41, 5.74) is 0. The first-order valence-electron chi connectivity index (χ1n) is 6.24. The van der Waals surface area contributed by atoms with Crippen LogP contribution in [0.15, 0.2) is 12.2 Å². The fraction of sp³-hybridized carbons (Fsp3) is 0.692. The van der Waals surface area contributed by atoms with Crippen molar-refractivity contribution in [1.82, 2.24) is 0 Å². The van der Waals surface area contributed by atoms with Crippen LogP contribution in [0.2, 0.25) is 6.04 Å². The molecule has 0 aliphatic heterocycles. The van der Waals surface area contributed by atoms with Crippen molar-refractivity contribution >= 4 is 31.3 Å². The largest absolute Gasteiger partial charge is 0.500 e. The molecular formula is C13H30O5Si2. The average molecular weight is 323 g/mol. The Balaban J connectivity index is -0.000000508. The molecule has 0 atom stereocenters. The fourth-order valence-corrected chi connectivity index (χ4v) is 3.13. The molecule has 0 aromatic carbocycles. The highest BCUT2D eigenvalue weighted by Crippen LogP contribution is 2.15. The van der Waals surface area contributed by atoms with E-state index in [1.54, 1.807) is 27.2 Å². The van der Waals surface area contributed by atoms with Crippen LogP contribution in [0.25, 0.3) is 0 Å². The van der Waals surface area contributed by atoms with Crippen molar-refractivity contribution < 1.29 is 22.9 Å². The van der Waals surface area contributed by atoms with Gasteiger partial charge in [-0.3, -0.25) is 4.79 Å². The van der Waals surface area contributed by atoms with Gasteiger partial charge in [-0.2, -0.15) is 0 Å². The predicted octanol–water partition coefficient (Wildman–Crippen LogP) is 0.934. The second kappa shape index (κ2) is 14.8. The summed E-state index contributed by atoms with van der Waals surface area (Å²) in [7, 11) is 0.532. The number of allylic oxidation sites excluding steroid dienone is 1. The lowest BCUT2D eigenvalue weighted by Crippen LogP contribution is -2.44. The van der Waals surface area contributed by atoms with Gasteiger partial charge in [-0.05, 0) is 37.8 Å². The molecule has 0 radical (unpaired) electrons. The maximum absolute atomic E-state index is 11.2. The molecule has 0 aromatic heterocycles. The van der Waals surface area contributed by atoms with Crippen LogP contribution in [0, 0.1) is 0 Å². The number of hydrogen-bond donors (Lipinski definition) is 0. The molecule has 0 aromatic rings. The first-order chi connectivity index (χ1) is 8.87. The van der Waals surface area contributed by atoms with Gasteiger partial charge in [0.2, 0.25) is 0 Å². The van der Waals surface area contributed by atoms with Crippen molar-refractivity contribution in [3.05, 3.63) is 12.2 Å². The van der Waals surface area contributed by atoms with Crippen LogP contribution >= 0.6 is 0 Å². The van der Waals surface area contributed by atoms with E-state index in [0.717, 1.165) is 12.5 Å². The summed E-state index contributed by atoms with van der Waals surface area (Å²) in [6, 6.07) is 0.725. The van der Waals surface area contributed by atoms with Crippen LogP contribution < -0.4 is 0 Å². The van der Waals surface area contributed by atoms with Crippen molar-refractivity contribution in [2.45, 2.75) is 40.2 Å². The number of rotatable bonds is 8. The van der Waals surface area contributed by atoms with E-state index < -0.39 is 8.80 Å². The van der Waals surface area contributed by atoms with Crippen LogP contribution in [0.3, 0.4) is 0 Å². The Labute approximate surface area is 128 Å². The molecule has 0 rings (SSSR count). The Bertz CT molecular complexity index is 284. The zero-order chi connectivity index (χ0) is 15.3.